The molecule has 0 saturated carbocycles. The molecule has 1 aromatic rings. The third-order valence-electron chi connectivity index (χ3n) is 3.32. The molecule has 0 aliphatic heterocycles. The van der Waals surface area contributed by atoms with Crippen LogP contribution in [0.1, 0.15) is 20.3 Å². The minimum Gasteiger partial charge on any atom is -0.488 e. The van der Waals surface area contributed by atoms with Gasteiger partial charge in [-0.15, -0.1) is 0 Å². The van der Waals surface area contributed by atoms with Crippen LogP contribution in [0.3, 0.4) is 0 Å². The van der Waals surface area contributed by atoms with E-state index in [1.807, 2.05) is 20.9 Å². The molecule has 2 atom stereocenters. The fourth-order valence-corrected chi connectivity index (χ4v) is 1.90. The number of imide groups is 1. The molecule has 7 heteroatoms. The summed E-state index contributed by atoms with van der Waals surface area (Å²) in [5.41, 5.74) is 0. The van der Waals surface area contributed by atoms with E-state index in [1.54, 1.807) is 24.3 Å². The van der Waals surface area contributed by atoms with Crippen molar-refractivity contribution in [2.45, 2.75) is 26.3 Å². The summed E-state index contributed by atoms with van der Waals surface area (Å²) in [4.78, 5) is 24.3. The van der Waals surface area contributed by atoms with Gasteiger partial charge < -0.3 is 15.0 Å². The van der Waals surface area contributed by atoms with Gasteiger partial charge in [-0.2, -0.15) is 0 Å². The largest absolute Gasteiger partial charge is 0.488 e. The number of likely N-dealkylation sites (N-methyl/N-ethyl adjacent to an activating group) is 1. The van der Waals surface area contributed by atoms with Crippen molar-refractivity contribution < 1.29 is 19.2 Å². The third-order valence-corrected chi connectivity index (χ3v) is 3.57. The van der Waals surface area contributed by atoms with Gasteiger partial charge in [0.25, 0.3) is 5.91 Å². The van der Waals surface area contributed by atoms with Gasteiger partial charge in [-0.25, -0.2) is 4.79 Å². The number of nitrogens with one attached hydrogen (secondary N) is 3. The van der Waals surface area contributed by atoms with Crippen LogP contribution >= 0.6 is 11.6 Å². The second-order valence-electron chi connectivity index (χ2n) is 5.52. The molecule has 0 saturated heterocycles. The third kappa shape index (κ3) is 8.42. The van der Waals surface area contributed by atoms with Gasteiger partial charge in [-0.05, 0) is 37.6 Å². The zero-order valence-electron chi connectivity index (χ0n) is 13.8. The Labute approximate surface area is 142 Å². The number of amides is 3. The van der Waals surface area contributed by atoms with Gasteiger partial charge in [-0.3, -0.25) is 10.1 Å². The summed E-state index contributed by atoms with van der Waals surface area (Å²) in [6, 6.07) is 6.70. The number of urea groups is 1. The zero-order valence-corrected chi connectivity index (χ0v) is 14.6. The van der Waals surface area contributed by atoms with Crippen molar-refractivity contribution in [1.29, 1.82) is 0 Å². The summed E-state index contributed by atoms with van der Waals surface area (Å²) in [7, 11) is 1.87. The van der Waals surface area contributed by atoms with E-state index < -0.39 is 6.03 Å². The van der Waals surface area contributed by atoms with E-state index in [-0.39, 0.29) is 18.5 Å². The molecule has 0 aromatic heterocycles. The Balaban J connectivity index is 2.22. The number of carbonyl (C=O) groups excluding carboxylic acids is 2. The van der Waals surface area contributed by atoms with Crippen molar-refractivity contribution in [2.75, 3.05) is 26.7 Å². The molecule has 3 N–H and O–H groups in total. The smallest absolute Gasteiger partial charge is 0.321 e. The van der Waals surface area contributed by atoms with E-state index in [2.05, 4.69) is 10.6 Å². The summed E-state index contributed by atoms with van der Waals surface area (Å²) in [6.07, 6.45) is 0.814. The lowest BCUT2D eigenvalue weighted by molar-refractivity contribution is -0.871. The monoisotopic (exact) mass is 342 g/mol. The van der Waals surface area contributed by atoms with Crippen LogP contribution in [0.5, 0.6) is 5.75 Å². The maximum Gasteiger partial charge on any atom is 0.321 e. The summed E-state index contributed by atoms with van der Waals surface area (Å²) in [5, 5.41) is 5.67. The molecular formula is C16H25ClN3O3+. The summed E-state index contributed by atoms with van der Waals surface area (Å²) < 4.78 is 5.57. The van der Waals surface area contributed by atoms with E-state index in [9.17, 15) is 9.59 Å². The van der Waals surface area contributed by atoms with Crippen molar-refractivity contribution in [2.24, 2.45) is 0 Å². The first-order valence-corrected chi connectivity index (χ1v) is 8.08. The normalized spacial score (nSPS) is 13.0. The minimum atomic E-state index is -0.449. The van der Waals surface area contributed by atoms with E-state index in [1.165, 1.54) is 0 Å². The predicted octanol–water partition coefficient (Wildman–Crippen LogP) is 0.858. The highest BCUT2D eigenvalue weighted by atomic mass is 35.5. The number of rotatable bonds is 8. The zero-order chi connectivity index (χ0) is 17.2. The van der Waals surface area contributed by atoms with Crippen molar-refractivity contribution in [3.05, 3.63) is 29.3 Å². The Morgan fingerprint density at radius 3 is 2.57 bits per heavy atom. The molecule has 1 aromatic carbocycles. The van der Waals surface area contributed by atoms with Crippen LogP contribution in [-0.4, -0.2) is 44.7 Å². The second kappa shape index (κ2) is 10.1. The van der Waals surface area contributed by atoms with Gasteiger partial charge >= 0.3 is 6.03 Å². The maximum absolute atomic E-state index is 11.8. The lowest BCUT2D eigenvalue weighted by Gasteiger charge is -2.15. The van der Waals surface area contributed by atoms with Crippen molar-refractivity contribution in [1.82, 2.24) is 10.6 Å². The van der Waals surface area contributed by atoms with Gasteiger partial charge in [0.05, 0.1) is 7.05 Å². The molecule has 6 nitrogen and oxygen atoms in total. The number of carbonyl (C=O) groups is 2. The number of hydrogen-bond donors (Lipinski definition) is 3. The number of ether oxygens (including phenoxy) is 1. The quantitative estimate of drug-likeness (QED) is 0.656. The first-order valence-electron chi connectivity index (χ1n) is 7.70. The molecule has 0 bridgehead atoms. The average Bonchev–Trinajstić information content (AvgIpc) is 2.48. The lowest BCUT2D eigenvalue weighted by Crippen LogP contribution is -3.10. The highest BCUT2D eigenvalue weighted by Crippen LogP contribution is 2.14. The second-order valence-corrected chi connectivity index (χ2v) is 5.95. The molecule has 1 unspecified atom stereocenters. The molecule has 0 spiro atoms. The first-order chi connectivity index (χ1) is 10.9. The van der Waals surface area contributed by atoms with Crippen LogP contribution in [0.25, 0.3) is 0 Å². The van der Waals surface area contributed by atoms with Gasteiger partial charge in [0.15, 0.2) is 6.54 Å². The Morgan fingerprint density at radius 1 is 1.30 bits per heavy atom. The Kier molecular flexibility index (Phi) is 8.43. The maximum atomic E-state index is 11.8. The lowest BCUT2D eigenvalue weighted by atomic mass is 10.3. The summed E-state index contributed by atoms with van der Waals surface area (Å²) >= 11 is 5.80. The van der Waals surface area contributed by atoms with Crippen LogP contribution < -0.4 is 20.3 Å². The summed E-state index contributed by atoms with van der Waals surface area (Å²) in [6.45, 7) is 5.17. The van der Waals surface area contributed by atoms with E-state index >= 15 is 0 Å². The van der Waals surface area contributed by atoms with Crippen molar-refractivity contribution in [3.63, 3.8) is 0 Å². The standard InChI is InChI=1S/C16H24ClN3O3/c1-4-12(2)18-16(22)19-15(21)11-20(3)9-10-23-14-7-5-13(17)6-8-14/h5-8,12H,4,9-11H2,1-3H3,(H2,18,19,21,22)/p+1/t12-/m0/s1. The topological polar surface area (TPSA) is 71.9 Å². The molecule has 3 amide bonds. The van der Waals surface area contributed by atoms with Gasteiger partial charge in [-0.1, -0.05) is 18.5 Å². The molecule has 0 radical (unpaired) electrons. The SMILES string of the molecule is CC[C@H](C)NC(=O)NC(=O)C[NH+](C)CCOc1ccc(Cl)cc1. The van der Waals surface area contributed by atoms with E-state index in [0.29, 0.717) is 18.2 Å². The molecule has 0 heterocycles. The van der Waals surface area contributed by atoms with Crippen LogP contribution in [0.4, 0.5) is 4.79 Å². The van der Waals surface area contributed by atoms with Gasteiger partial charge in [0.1, 0.15) is 18.9 Å². The molecule has 0 fully saturated rings. The Bertz CT molecular complexity index is 508. The average molecular weight is 343 g/mol. The minimum absolute atomic E-state index is 0.0423. The first kappa shape index (κ1) is 19.3. The number of hydrogen-bond acceptors (Lipinski definition) is 3. The van der Waals surface area contributed by atoms with E-state index in [4.69, 9.17) is 16.3 Å². The number of halogens is 1. The van der Waals surface area contributed by atoms with Crippen molar-refractivity contribution >= 4 is 23.5 Å². The molecule has 1 rings (SSSR count). The fraction of sp³-hybridized carbons (Fsp3) is 0.500. The van der Waals surface area contributed by atoms with Crippen LogP contribution in [-0.2, 0) is 4.79 Å². The molecule has 0 aliphatic carbocycles. The van der Waals surface area contributed by atoms with Crippen LogP contribution in [0, 0.1) is 0 Å². The number of quaternary nitrogens is 1. The van der Waals surface area contributed by atoms with E-state index in [0.717, 1.165) is 17.1 Å². The highest BCUT2D eigenvalue weighted by molar-refractivity contribution is 6.30. The molecule has 128 valence electrons. The molecular weight excluding hydrogens is 318 g/mol. The van der Waals surface area contributed by atoms with Crippen molar-refractivity contribution in [3.8, 4) is 5.75 Å². The highest BCUT2D eigenvalue weighted by Gasteiger charge is 2.14. The van der Waals surface area contributed by atoms with Crippen LogP contribution in [0.15, 0.2) is 24.3 Å². The van der Waals surface area contributed by atoms with Gasteiger partial charge in [0, 0.05) is 11.1 Å². The Hall–Kier alpha value is -1.79. The van der Waals surface area contributed by atoms with Gasteiger partial charge in [0.2, 0.25) is 0 Å². The van der Waals surface area contributed by atoms with Crippen LogP contribution in [0.2, 0.25) is 5.02 Å². The Morgan fingerprint density at radius 2 is 1.96 bits per heavy atom. The fourth-order valence-electron chi connectivity index (χ4n) is 1.77. The molecule has 0 aliphatic rings. The number of benzene rings is 1. The molecule has 23 heavy (non-hydrogen) atoms. The predicted molar refractivity (Wildman–Crippen MR) is 90.0 cm³/mol. The summed E-state index contributed by atoms with van der Waals surface area (Å²) in [5.74, 6) is 0.425.